The Hall–Kier alpha value is -0.560. The van der Waals surface area contributed by atoms with Crippen LogP contribution in [0.5, 0.6) is 0 Å². The zero-order chi connectivity index (χ0) is 5.54. The summed E-state index contributed by atoms with van der Waals surface area (Å²) in [5.41, 5.74) is 5.18. The van der Waals surface area contributed by atoms with Crippen molar-refractivity contribution in [2.24, 2.45) is 5.73 Å². The molecule has 40 valence electrons. The SMILES string of the molecule is C=C/C=C/CCN. The highest BCUT2D eigenvalue weighted by atomic mass is 14.5. The molecule has 0 fully saturated rings. The lowest BCUT2D eigenvalue weighted by Gasteiger charge is -1.78. The van der Waals surface area contributed by atoms with Crippen molar-refractivity contribution < 1.29 is 0 Å². The molecule has 0 radical (unpaired) electrons. The number of hydrogen-bond donors (Lipinski definition) is 1. The smallest absolute Gasteiger partial charge is 0.00425 e. The van der Waals surface area contributed by atoms with Gasteiger partial charge in [0, 0.05) is 0 Å². The fourth-order valence-electron chi connectivity index (χ4n) is 0.289. The predicted octanol–water partition coefficient (Wildman–Crippen LogP) is 1.08. The monoisotopic (exact) mass is 97.1 g/mol. The van der Waals surface area contributed by atoms with Crippen LogP contribution >= 0.6 is 0 Å². The molecule has 0 aliphatic rings. The molecule has 1 nitrogen and oxygen atoms in total. The Morgan fingerprint density at radius 1 is 1.57 bits per heavy atom. The number of nitrogens with two attached hydrogens (primary N) is 1. The summed E-state index contributed by atoms with van der Waals surface area (Å²) >= 11 is 0. The zero-order valence-corrected chi connectivity index (χ0v) is 4.43. The first-order valence-corrected chi connectivity index (χ1v) is 2.39. The normalized spacial score (nSPS) is 9.86. The van der Waals surface area contributed by atoms with Gasteiger partial charge in [-0.05, 0) is 13.0 Å². The molecular weight excluding hydrogens is 86.1 g/mol. The average Bonchev–Trinajstić information content (AvgIpc) is 1.69. The molecule has 0 unspecified atom stereocenters. The van der Waals surface area contributed by atoms with E-state index < -0.39 is 0 Å². The van der Waals surface area contributed by atoms with Gasteiger partial charge in [-0.2, -0.15) is 0 Å². The molecule has 0 aromatic heterocycles. The van der Waals surface area contributed by atoms with Gasteiger partial charge in [-0.15, -0.1) is 0 Å². The van der Waals surface area contributed by atoms with Gasteiger partial charge in [-0.25, -0.2) is 0 Å². The van der Waals surface area contributed by atoms with Crippen LogP contribution in [0.2, 0.25) is 0 Å². The van der Waals surface area contributed by atoms with E-state index >= 15 is 0 Å². The number of allylic oxidation sites excluding steroid dienone is 2. The lowest BCUT2D eigenvalue weighted by atomic mass is 10.4. The quantitative estimate of drug-likeness (QED) is 0.524. The highest BCUT2D eigenvalue weighted by Crippen LogP contribution is 1.76. The minimum absolute atomic E-state index is 0.727. The Morgan fingerprint density at radius 2 is 2.29 bits per heavy atom. The van der Waals surface area contributed by atoms with Crippen molar-refractivity contribution >= 4 is 0 Å². The molecule has 0 atom stereocenters. The lowest BCUT2D eigenvalue weighted by molar-refractivity contribution is 1.01. The molecule has 1 heteroatoms. The van der Waals surface area contributed by atoms with Crippen molar-refractivity contribution in [2.75, 3.05) is 6.54 Å². The van der Waals surface area contributed by atoms with Crippen molar-refractivity contribution in [3.05, 3.63) is 24.8 Å². The topological polar surface area (TPSA) is 26.0 Å². The van der Waals surface area contributed by atoms with E-state index in [1.165, 1.54) is 0 Å². The van der Waals surface area contributed by atoms with Crippen LogP contribution in [0.15, 0.2) is 24.8 Å². The van der Waals surface area contributed by atoms with Crippen molar-refractivity contribution in [3.63, 3.8) is 0 Å². The maximum atomic E-state index is 5.18. The Kier molecular flexibility index (Phi) is 5.00. The second kappa shape index (κ2) is 5.44. The lowest BCUT2D eigenvalue weighted by Crippen LogP contribution is -1.94. The third kappa shape index (κ3) is 5.44. The van der Waals surface area contributed by atoms with Crippen LogP contribution in [-0.2, 0) is 0 Å². The number of rotatable bonds is 3. The van der Waals surface area contributed by atoms with E-state index in [1.807, 2.05) is 12.2 Å². The summed E-state index contributed by atoms with van der Waals surface area (Å²) in [5.74, 6) is 0. The molecule has 0 aromatic carbocycles. The van der Waals surface area contributed by atoms with Gasteiger partial charge >= 0.3 is 0 Å². The van der Waals surface area contributed by atoms with Gasteiger partial charge in [0.25, 0.3) is 0 Å². The minimum atomic E-state index is 0.727. The highest BCUT2D eigenvalue weighted by Gasteiger charge is 1.65. The van der Waals surface area contributed by atoms with E-state index in [4.69, 9.17) is 5.73 Å². The molecule has 0 aliphatic carbocycles. The first-order chi connectivity index (χ1) is 3.41. The molecule has 0 aromatic rings. The second-order valence-corrected chi connectivity index (χ2v) is 1.24. The predicted molar refractivity (Wildman–Crippen MR) is 33.0 cm³/mol. The van der Waals surface area contributed by atoms with Gasteiger partial charge < -0.3 is 5.73 Å². The summed E-state index contributed by atoms with van der Waals surface area (Å²) in [5, 5.41) is 0. The molecule has 0 spiro atoms. The molecular formula is C6H11N. The van der Waals surface area contributed by atoms with Crippen molar-refractivity contribution in [1.29, 1.82) is 0 Å². The Balaban J connectivity index is 2.92. The van der Waals surface area contributed by atoms with Crippen LogP contribution in [0.4, 0.5) is 0 Å². The maximum absolute atomic E-state index is 5.18. The molecule has 0 amide bonds. The second-order valence-electron chi connectivity index (χ2n) is 1.24. The van der Waals surface area contributed by atoms with E-state index in [9.17, 15) is 0 Å². The van der Waals surface area contributed by atoms with Crippen LogP contribution in [0.25, 0.3) is 0 Å². The molecule has 0 rings (SSSR count). The van der Waals surface area contributed by atoms with E-state index in [0.717, 1.165) is 13.0 Å². The summed E-state index contributed by atoms with van der Waals surface area (Å²) in [6, 6.07) is 0. The third-order valence-corrected chi connectivity index (χ3v) is 0.605. The van der Waals surface area contributed by atoms with Gasteiger partial charge in [0.2, 0.25) is 0 Å². The Morgan fingerprint density at radius 3 is 2.71 bits per heavy atom. The summed E-state index contributed by atoms with van der Waals surface area (Å²) in [6.45, 7) is 4.23. The van der Waals surface area contributed by atoms with Gasteiger partial charge in [-0.3, -0.25) is 0 Å². The van der Waals surface area contributed by atoms with Crippen molar-refractivity contribution in [2.45, 2.75) is 6.42 Å². The molecule has 0 saturated carbocycles. The average molecular weight is 97.2 g/mol. The summed E-state index contributed by atoms with van der Waals surface area (Å²) in [6.07, 6.45) is 6.58. The molecule has 0 heterocycles. The number of hydrogen-bond acceptors (Lipinski definition) is 1. The van der Waals surface area contributed by atoms with E-state index in [2.05, 4.69) is 6.58 Å². The van der Waals surface area contributed by atoms with Crippen molar-refractivity contribution in [3.8, 4) is 0 Å². The molecule has 0 aliphatic heterocycles. The fourth-order valence-corrected chi connectivity index (χ4v) is 0.289. The van der Waals surface area contributed by atoms with Gasteiger partial charge in [0.1, 0.15) is 0 Å². The Bertz CT molecular complexity index is 64.6. The summed E-state index contributed by atoms with van der Waals surface area (Å²) in [7, 11) is 0. The fraction of sp³-hybridized carbons (Fsp3) is 0.333. The zero-order valence-electron chi connectivity index (χ0n) is 4.43. The first kappa shape index (κ1) is 6.44. The third-order valence-electron chi connectivity index (χ3n) is 0.605. The molecule has 7 heavy (non-hydrogen) atoms. The van der Waals surface area contributed by atoms with Gasteiger partial charge in [0.05, 0.1) is 0 Å². The molecule has 0 saturated heterocycles. The van der Waals surface area contributed by atoms with Crippen LogP contribution in [-0.4, -0.2) is 6.54 Å². The summed E-state index contributed by atoms with van der Waals surface area (Å²) in [4.78, 5) is 0. The van der Waals surface area contributed by atoms with Crippen LogP contribution < -0.4 is 5.73 Å². The molecule has 2 N–H and O–H groups in total. The van der Waals surface area contributed by atoms with E-state index in [-0.39, 0.29) is 0 Å². The van der Waals surface area contributed by atoms with E-state index in [0.29, 0.717) is 0 Å². The minimum Gasteiger partial charge on any atom is -0.330 e. The maximum Gasteiger partial charge on any atom is -0.00425 e. The van der Waals surface area contributed by atoms with E-state index in [1.54, 1.807) is 6.08 Å². The first-order valence-electron chi connectivity index (χ1n) is 2.39. The van der Waals surface area contributed by atoms with Crippen LogP contribution in [0, 0.1) is 0 Å². The van der Waals surface area contributed by atoms with Crippen LogP contribution in [0.3, 0.4) is 0 Å². The largest absolute Gasteiger partial charge is 0.330 e. The van der Waals surface area contributed by atoms with Crippen LogP contribution in [0.1, 0.15) is 6.42 Å². The van der Waals surface area contributed by atoms with Gasteiger partial charge in [0.15, 0.2) is 0 Å². The highest BCUT2D eigenvalue weighted by molar-refractivity contribution is 4.96. The summed E-state index contributed by atoms with van der Waals surface area (Å²) < 4.78 is 0. The molecule has 0 bridgehead atoms. The van der Waals surface area contributed by atoms with Crippen molar-refractivity contribution in [1.82, 2.24) is 0 Å². The van der Waals surface area contributed by atoms with Gasteiger partial charge in [-0.1, -0.05) is 24.8 Å². The Labute approximate surface area is 44.5 Å². The standard InChI is InChI=1S/C6H11N/c1-2-3-4-5-6-7/h2-4H,1,5-7H2/b4-3+.